The molecule has 0 aliphatic carbocycles. The van der Waals surface area contributed by atoms with E-state index in [0.29, 0.717) is 0 Å². The maximum Gasteiger partial charge on any atom is 0.152 e. The molecule has 0 unspecified atom stereocenters. The van der Waals surface area contributed by atoms with Crippen LogP contribution < -0.4 is 5.32 Å². The number of nitrogens with one attached hydrogen (secondary N) is 1. The topological polar surface area (TPSA) is 37.3 Å². The molecule has 0 saturated carbocycles. The van der Waals surface area contributed by atoms with Crippen LogP contribution in [-0.4, -0.2) is 10.8 Å². The smallest absolute Gasteiger partial charge is 0.152 e. The average molecular weight is 209 g/mol. The number of amidine groups is 1. The number of rotatable bonds is 1. The van der Waals surface area contributed by atoms with Gasteiger partial charge in [-0.1, -0.05) is 24.3 Å². The molecule has 0 fully saturated rings. The third-order valence-corrected chi connectivity index (χ3v) is 2.56. The predicted octanol–water partition coefficient (Wildman–Crippen LogP) is 2.45. The number of pyridine rings is 1. The minimum absolute atomic E-state index is 0.721. The fraction of sp³-hybridized carbons (Fsp3) is 0.0769. The van der Waals surface area contributed by atoms with Gasteiger partial charge in [-0.05, 0) is 18.2 Å². The number of hydrogen-bond donors (Lipinski definition) is 1. The molecule has 16 heavy (non-hydrogen) atoms. The van der Waals surface area contributed by atoms with Crippen molar-refractivity contribution in [2.75, 3.05) is 5.32 Å². The van der Waals surface area contributed by atoms with E-state index in [9.17, 15) is 0 Å². The highest BCUT2D eigenvalue weighted by Gasteiger charge is 2.16. The first-order valence-electron chi connectivity index (χ1n) is 5.24. The zero-order valence-electron chi connectivity index (χ0n) is 8.72. The summed E-state index contributed by atoms with van der Waals surface area (Å²) in [5.41, 5.74) is 3.19. The maximum atomic E-state index is 4.44. The van der Waals surface area contributed by atoms with Crippen LogP contribution in [0.2, 0.25) is 0 Å². The van der Waals surface area contributed by atoms with Crippen molar-refractivity contribution in [2.45, 2.75) is 6.54 Å². The highest BCUT2D eigenvalue weighted by Crippen LogP contribution is 2.17. The largest absolute Gasteiger partial charge is 0.339 e. The van der Waals surface area contributed by atoms with Gasteiger partial charge in [0.05, 0.1) is 6.54 Å². The van der Waals surface area contributed by atoms with Crippen molar-refractivity contribution in [3.8, 4) is 0 Å². The summed E-state index contributed by atoms with van der Waals surface area (Å²) in [5, 5.41) is 3.28. The van der Waals surface area contributed by atoms with Crippen molar-refractivity contribution in [1.29, 1.82) is 0 Å². The standard InChI is InChI=1S/C13H11N3/c1-2-6-11(7-3-1)16-13-12-10(9-15-13)5-4-8-14-12/h1-8H,9H2,(H,15,16). The van der Waals surface area contributed by atoms with Gasteiger partial charge in [0.25, 0.3) is 0 Å². The number of nitrogens with zero attached hydrogens (tertiary/aromatic N) is 2. The van der Waals surface area contributed by atoms with Gasteiger partial charge in [-0.2, -0.15) is 0 Å². The van der Waals surface area contributed by atoms with Crippen molar-refractivity contribution in [2.24, 2.45) is 4.99 Å². The van der Waals surface area contributed by atoms with Gasteiger partial charge in [-0.15, -0.1) is 0 Å². The second-order valence-corrected chi connectivity index (χ2v) is 3.67. The summed E-state index contributed by atoms with van der Waals surface area (Å²) in [4.78, 5) is 8.79. The summed E-state index contributed by atoms with van der Waals surface area (Å²) in [6.07, 6.45) is 1.80. The van der Waals surface area contributed by atoms with Crippen molar-refractivity contribution in [3.05, 3.63) is 59.9 Å². The fourth-order valence-electron chi connectivity index (χ4n) is 1.78. The van der Waals surface area contributed by atoms with Crippen LogP contribution in [0, 0.1) is 0 Å². The molecular weight excluding hydrogens is 198 g/mol. The summed E-state index contributed by atoms with van der Waals surface area (Å²) >= 11 is 0. The van der Waals surface area contributed by atoms with E-state index in [-0.39, 0.29) is 0 Å². The minimum Gasteiger partial charge on any atom is -0.339 e. The Labute approximate surface area is 93.9 Å². The first-order chi connectivity index (χ1) is 7.93. The monoisotopic (exact) mass is 209 g/mol. The first-order valence-corrected chi connectivity index (χ1v) is 5.24. The SMILES string of the molecule is c1ccc(NC2=NCc3cccnc32)cc1. The lowest BCUT2D eigenvalue weighted by molar-refractivity contribution is 1.09. The molecule has 3 nitrogen and oxygen atoms in total. The third-order valence-electron chi connectivity index (χ3n) is 2.56. The van der Waals surface area contributed by atoms with E-state index in [2.05, 4.69) is 21.4 Å². The minimum atomic E-state index is 0.721. The van der Waals surface area contributed by atoms with E-state index < -0.39 is 0 Å². The fourth-order valence-corrected chi connectivity index (χ4v) is 1.78. The molecule has 1 aliphatic heterocycles. The molecule has 1 N–H and O–H groups in total. The zero-order chi connectivity index (χ0) is 10.8. The summed E-state index contributed by atoms with van der Waals surface area (Å²) < 4.78 is 0. The highest BCUT2D eigenvalue weighted by atomic mass is 15.0. The Bertz CT molecular complexity index is 532. The van der Waals surface area contributed by atoms with Gasteiger partial charge in [0.15, 0.2) is 5.84 Å². The molecule has 3 rings (SSSR count). The molecule has 0 radical (unpaired) electrons. The summed E-state index contributed by atoms with van der Waals surface area (Å²) in [5.74, 6) is 0.863. The Morgan fingerprint density at radius 2 is 1.88 bits per heavy atom. The number of benzene rings is 1. The van der Waals surface area contributed by atoms with E-state index in [4.69, 9.17) is 0 Å². The van der Waals surface area contributed by atoms with E-state index in [1.54, 1.807) is 6.20 Å². The Balaban J connectivity index is 1.89. The van der Waals surface area contributed by atoms with Crippen LogP contribution in [0.1, 0.15) is 11.3 Å². The number of hydrogen-bond acceptors (Lipinski definition) is 3. The van der Waals surface area contributed by atoms with Crippen molar-refractivity contribution in [3.63, 3.8) is 0 Å². The quantitative estimate of drug-likeness (QED) is 0.783. The van der Waals surface area contributed by atoms with Crippen molar-refractivity contribution >= 4 is 11.5 Å². The Hall–Kier alpha value is -2.16. The Kier molecular flexibility index (Phi) is 2.14. The van der Waals surface area contributed by atoms with E-state index >= 15 is 0 Å². The zero-order valence-corrected chi connectivity index (χ0v) is 8.72. The van der Waals surface area contributed by atoms with Crippen LogP contribution >= 0.6 is 0 Å². The molecule has 2 heterocycles. The van der Waals surface area contributed by atoms with Crippen LogP contribution in [0.15, 0.2) is 53.7 Å². The lowest BCUT2D eigenvalue weighted by Gasteiger charge is -2.05. The van der Waals surface area contributed by atoms with Gasteiger partial charge in [0, 0.05) is 17.4 Å². The van der Waals surface area contributed by atoms with Crippen molar-refractivity contribution < 1.29 is 0 Å². The normalized spacial score (nSPS) is 13.1. The van der Waals surface area contributed by atoms with Gasteiger partial charge < -0.3 is 5.32 Å². The lowest BCUT2D eigenvalue weighted by Crippen LogP contribution is -2.12. The van der Waals surface area contributed by atoms with Crippen molar-refractivity contribution in [1.82, 2.24) is 4.98 Å². The molecule has 2 aromatic rings. The molecule has 3 heteroatoms. The molecule has 0 atom stereocenters. The molecule has 0 amide bonds. The predicted molar refractivity (Wildman–Crippen MR) is 64.5 cm³/mol. The lowest BCUT2D eigenvalue weighted by atomic mass is 10.2. The van der Waals surface area contributed by atoms with Crippen LogP contribution in [0.5, 0.6) is 0 Å². The molecule has 0 saturated heterocycles. The van der Waals surface area contributed by atoms with Gasteiger partial charge in [0.1, 0.15) is 5.69 Å². The molecule has 1 aliphatic rings. The summed E-state index contributed by atoms with van der Waals surface area (Å²) in [6, 6.07) is 14.0. The summed E-state index contributed by atoms with van der Waals surface area (Å²) in [7, 11) is 0. The second kappa shape index (κ2) is 3.77. The third kappa shape index (κ3) is 1.56. The number of fused-ring (bicyclic) bond motifs is 1. The van der Waals surface area contributed by atoms with Crippen LogP contribution in [-0.2, 0) is 6.54 Å². The molecular formula is C13H11N3. The molecule has 0 spiro atoms. The van der Waals surface area contributed by atoms with Gasteiger partial charge in [0.2, 0.25) is 0 Å². The number of para-hydroxylation sites is 1. The van der Waals surface area contributed by atoms with Gasteiger partial charge in [-0.25, -0.2) is 0 Å². The highest BCUT2D eigenvalue weighted by molar-refractivity contribution is 6.09. The van der Waals surface area contributed by atoms with E-state index in [1.165, 1.54) is 5.56 Å². The van der Waals surface area contributed by atoms with E-state index in [0.717, 1.165) is 23.8 Å². The number of aliphatic imine (C=N–C) groups is 1. The van der Waals surface area contributed by atoms with Crippen LogP contribution in [0.25, 0.3) is 0 Å². The van der Waals surface area contributed by atoms with Crippen LogP contribution in [0.4, 0.5) is 5.69 Å². The number of anilines is 1. The molecule has 0 bridgehead atoms. The first kappa shape index (κ1) is 9.09. The van der Waals surface area contributed by atoms with Gasteiger partial charge in [-0.3, -0.25) is 9.98 Å². The van der Waals surface area contributed by atoms with Gasteiger partial charge >= 0.3 is 0 Å². The molecule has 1 aromatic carbocycles. The summed E-state index contributed by atoms with van der Waals surface area (Å²) in [6.45, 7) is 0.721. The molecule has 1 aromatic heterocycles. The maximum absolute atomic E-state index is 4.44. The molecule has 78 valence electrons. The van der Waals surface area contributed by atoms with E-state index in [1.807, 2.05) is 36.4 Å². The number of aromatic nitrogens is 1. The van der Waals surface area contributed by atoms with Crippen LogP contribution in [0.3, 0.4) is 0 Å². The Morgan fingerprint density at radius 3 is 2.75 bits per heavy atom. The second-order valence-electron chi connectivity index (χ2n) is 3.67. The Morgan fingerprint density at radius 1 is 1.00 bits per heavy atom. The average Bonchev–Trinajstić information content (AvgIpc) is 2.74.